The first-order chi connectivity index (χ1) is 7.51. The summed E-state index contributed by atoms with van der Waals surface area (Å²) < 4.78 is 0. The van der Waals surface area contributed by atoms with E-state index < -0.39 is 0 Å². The lowest BCUT2D eigenvalue weighted by Gasteiger charge is -2.31. The van der Waals surface area contributed by atoms with E-state index in [2.05, 4.69) is 40.3 Å². The van der Waals surface area contributed by atoms with Crippen molar-refractivity contribution in [2.45, 2.75) is 78.2 Å². The summed E-state index contributed by atoms with van der Waals surface area (Å²) in [6.45, 7) is 12.9. The smallest absolute Gasteiger partial charge is 0.0149 e. The van der Waals surface area contributed by atoms with Crippen LogP contribution in [0.2, 0.25) is 0 Å². The van der Waals surface area contributed by atoms with E-state index in [1.165, 1.54) is 25.7 Å². The first-order valence-corrected chi connectivity index (χ1v) is 6.94. The molecule has 0 aliphatic carbocycles. The van der Waals surface area contributed by atoms with Crippen LogP contribution >= 0.6 is 0 Å². The third-order valence-corrected chi connectivity index (χ3v) is 4.60. The maximum absolute atomic E-state index is 6.32. The molecule has 0 aliphatic heterocycles. The van der Waals surface area contributed by atoms with Crippen LogP contribution in [0, 0.1) is 5.41 Å². The zero-order valence-electron chi connectivity index (χ0n) is 11.8. The maximum Gasteiger partial charge on any atom is 0.0149 e. The molecule has 0 heterocycles. The van der Waals surface area contributed by atoms with Crippen LogP contribution in [0.15, 0.2) is 12.7 Å². The lowest BCUT2D eigenvalue weighted by molar-refractivity contribution is 0.279. The molecule has 0 aromatic heterocycles. The molecular formula is C15H31N. The summed E-state index contributed by atoms with van der Waals surface area (Å²) in [4.78, 5) is 0. The number of rotatable bonds is 9. The minimum absolute atomic E-state index is 0.0639. The van der Waals surface area contributed by atoms with Gasteiger partial charge in [0.2, 0.25) is 0 Å². The lowest BCUT2D eigenvalue weighted by atomic mass is 9.76. The largest absolute Gasteiger partial charge is 0.325 e. The minimum atomic E-state index is 0.0639. The highest BCUT2D eigenvalue weighted by Gasteiger charge is 2.24. The molecule has 96 valence electrons. The summed E-state index contributed by atoms with van der Waals surface area (Å²) in [6.07, 6.45) is 10.3. The van der Waals surface area contributed by atoms with Crippen LogP contribution in [0.3, 0.4) is 0 Å². The molecule has 2 N–H and O–H groups in total. The van der Waals surface area contributed by atoms with Crippen LogP contribution < -0.4 is 5.73 Å². The normalized spacial score (nSPS) is 12.8. The van der Waals surface area contributed by atoms with E-state index in [-0.39, 0.29) is 5.54 Å². The molecule has 0 radical (unpaired) electrons. The summed E-state index contributed by atoms with van der Waals surface area (Å²) in [7, 11) is 0. The van der Waals surface area contributed by atoms with Crippen molar-refractivity contribution in [2.24, 2.45) is 11.1 Å². The molecule has 0 saturated heterocycles. The second-order valence-corrected chi connectivity index (χ2v) is 5.20. The molecule has 0 spiro atoms. The molecule has 0 bridgehead atoms. The van der Waals surface area contributed by atoms with Crippen molar-refractivity contribution < 1.29 is 0 Å². The lowest BCUT2D eigenvalue weighted by Crippen LogP contribution is -2.38. The van der Waals surface area contributed by atoms with Gasteiger partial charge in [0.1, 0.15) is 0 Å². The summed E-state index contributed by atoms with van der Waals surface area (Å²) in [6, 6.07) is 0. The van der Waals surface area contributed by atoms with Gasteiger partial charge < -0.3 is 5.73 Å². The zero-order valence-corrected chi connectivity index (χ0v) is 11.8. The Morgan fingerprint density at radius 2 is 1.44 bits per heavy atom. The molecule has 0 aromatic carbocycles. The van der Waals surface area contributed by atoms with Gasteiger partial charge in [-0.15, -0.1) is 6.58 Å². The minimum Gasteiger partial charge on any atom is -0.325 e. The second kappa shape index (κ2) is 7.11. The fourth-order valence-electron chi connectivity index (χ4n) is 2.39. The van der Waals surface area contributed by atoms with E-state index in [9.17, 15) is 0 Å². The predicted octanol–water partition coefficient (Wildman–Crippen LogP) is 4.67. The molecule has 0 fully saturated rings. The topological polar surface area (TPSA) is 26.0 Å². The zero-order chi connectivity index (χ0) is 12.7. The monoisotopic (exact) mass is 225 g/mol. The standard InChI is InChI=1S/C15H31N/c1-6-14(7-2,8-3)12-11-13-15(16,9-4)10-5/h6H,1,7-13,16H2,2-5H3. The molecule has 1 nitrogen and oxygen atoms in total. The van der Waals surface area contributed by atoms with Crippen molar-refractivity contribution in [3.05, 3.63) is 12.7 Å². The van der Waals surface area contributed by atoms with Crippen LogP contribution in [0.4, 0.5) is 0 Å². The first kappa shape index (κ1) is 15.7. The fourth-order valence-corrected chi connectivity index (χ4v) is 2.39. The Balaban J connectivity index is 4.18. The van der Waals surface area contributed by atoms with Crippen LogP contribution in [-0.4, -0.2) is 5.54 Å². The molecule has 0 saturated carbocycles. The van der Waals surface area contributed by atoms with Crippen LogP contribution in [0.5, 0.6) is 0 Å². The van der Waals surface area contributed by atoms with Gasteiger partial charge in [0.15, 0.2) is 0 Å². The Kier molecular flexibility index (Phi) is 6.98. The van der Waals surface area contributed by atoms with E-state index in [1.807, 2.05) is 0 Å². The van der Waals surface area contributed by atoms with Gasteiger partial charge in [0.05, 0.1) is 0 Å². The molecule has 0 atom stereocenters. The summed E-state index contributed by atoms with van der Waals surface area (Å²) >= 11 is 0. The van der Waals surface area contributed by atoms with E-state index in [0.717, 1.165) is 19.3 Å². The van der Waals surface area contributed by atoms with Gasteiger partial charge in [-0.1, -0.05) is 40.2 Å². The molecule has 0 amide bonds. The van der Waals surface area contributed by atoms with Gasteiger partial charge >= 0.3 is 0 Å². The van der Waals surface area contributed by atoms with Crippen molar-refractivity contribution in [3.8, 4) is 0 Å². The van der Waals surface area contributed by atoms with Gasteiger partial charge in [0, 0.05) is 5.54 Å². The Bertz CT molecular complexity index is 188. The van der Waals surface area contributed by atoms with Gasteiger partial charge in [0.25, 0.3) is 0 Å². The number of hydrogen-bond acceptors (Lipinski definition) is 1. The quantitative estimate of drug-likeness (QED) is 0.567. The van der Waals surface area contributed by atoms with E-state index in [4.69, 9.17) is 5.73 Å². The van der Waals surface area contributed by atoms with Crippen molar-refractivity contribution >= 4 is 0 Å². The van der Waals surface area contributed by atoms with Crippen molar-refractivity contribution in [1.82, 2.24) is 0 Å². The highest BCUT2D eigenvalue weighted by atomic mass is 14.7. The van der Waals surface area contributed by atoms with E-state index in [1.54, 1.807) is 0 Å². The molecule has 0 rings (SSSR count). The second-order valence-electron chi connectivity index (χ2n) is 5.20. The van der Waals surface area contributed by atoms with E-state index >= 15 is 0 Å². The average molecular weight is 225 g/mol. The third kappa shape index (κ3) is 4.29. The number of nitrogens with two attached hydrogens (primary N) is 1. The molecule has 1 heteroatoms. The highest BCUT2D eigenvalue weighted by Crippen LogP contribution is 2.35. The molecule has 0 unspecified atom stereocenters. The average Bonchev–Trinajstić information content (AvgIpc) is 2.35. The van der Waals surface area contributed by atoms with Crippen LogP contribution in [0.25, 0.3) is 0 Å². The van der Waals surface area contributed by atoms with Gasteiger partial charge in [-0.05, 0) is 43.9 Å². The Morgan fingerprint density at radius 1 is 0.938 bits per heavy atom. The number of hydrogen-bond donors (Lipinski definition) is 1. The van der Waals surface area contributed by atoms with E-state index in [0.29, 0.717) is 5.41 Å². The molecular weight excluding hydrogens is 194 g/mol. The number of allylic oxidation sites excluding steroid dienone is 1. The Labute approximate surface area is 102 Å². The molecule has 0 aromatic rings. The van der Waals surface area contributed by atoms with Crippen molar-refractivity contribution in [2.75, 3.05) is 0 Å². The third-order valence-electron chi connectivity index (χ3n) is 4.60. The van der Waals surface area contributed by atoms with Gasteiger partial charge in [-0.2, -0.15) is 0 Å². The predicted molar refractivity (Wildman–Crippen MR) is 74.6 cm³/mol. The van der Waals surface area contributed by atoms with Crippen LogP contribution in [0.1, 0.15) is 72.6 Å². The SMILES string of the molecule is C=CC(CC)(CC)CCCC(N)(CC)CC. The fraction of sp³-hybridized carbons (Fsp3) is 0.867. The van der Waals surface area contributed by atoms with Crippen molar-refractivity contribution in [3.63, 3.8) is 0 Å². The van der Waals surface area contributed by atoms with Gasteiger partial charge in [-0.3, -0.25) is 0 Å². The Morgan fingerprint density at radius 3 is 1.75 bits per heavy atom. The van der Waals surface area contributed by atoms with Crippen LogP contribution in [-0.2, 0) is 0 Å². The summed E-state index contributed by atoms with van der Waals surface area (Å²) in [5, 5.41) is 0. The Hall–Kier alpha value is -0.300. The molecule has 0 aliphatic rings. The first-order valence-electron chi connectivity index (χ1n) is 6.94. The molecule has 16 heavy (non-hydrogen) atoms. The van der Waals surface area contributed by atoms with Crippen molar-refractivity contribution in [1.29, 1.82) is 0 Å². The summed E-state index contributed by atoms with van der Waals surface area (Å²) in [5.41, 5.74) is 6.74. The maximum atomic E-state index is 6.32. The summed E-state index contributed by atoms with van der Waals surface area (Å²) in [5.74, 6) is 0. The van der Waals surface area contributed by atoms with Gasteiger partial charge in [-0.25, -0.2) is 0 Å². The highest BCUT2D eigenvalue weighted by molar-refractivity contribution is 4.93.